The molecule has 0 aliphatic heterocycles. The van der Waals surface area contributed by atoms with Crippen molar-refractivity contribution >= 4 is 58.6 Å². The summed E-state index contributed by atoms with van der Waals surface area (Å²) in [6.07, 6.45) is 83.0. The van der Waals surface area contributed by atoms with E-state index in [1.54, 1.807) is 101 Å². The molecule has 0 saturated carbocycles. The minimum Gasteiger partial charge on any atom is -0.747 e. The van der Waals surface area contributed by atoms with E-state index in [0.717, 1.165) is 103 Å². The molecule has 658 valence electrons. The number of unbranched alkanes of at least 4 members (excludes halogenated alkanes) is 35. The smallest absolute Gasteiger partial charge is 0.323 e. The van der Waals surface area contributed by atoms with Gasteiger partial charge in [0.2, 0.25) is 0 Å². The molecule has 0 bridgehead atoms. The van der Waals surface area contributed by atoms with E-state index in [1.165, 1.54) is 193 Å². The zero-order valence-corrected chi connectivity index (χ0v) is 78.4. The maximum Gasteiger partial charge on any atom is 0.323 e. The maximum atomic E-state index is 12.1. The summed E-state index contributed by atoms with van der Waals surface area (Å²) in [5.74, 6) is -3.49. The molecule has 0 aromatic carbocycles. The predicted molar refractivity (Wildman–Crippen MR) is 476 cm³/mol. The molecule has 0 aromatic heterocycles. The fourth-order valence-corrected chi connectivity index (χ4v) is 26.4. The third-order valence-electron chi connectivity index (χ3n) is 23.4. The van der Waals surface area contributed by atoms with Crippen molar-refractivity contribution in [2.75, 3.05) is 75.7 Å². The van der Waals surface area contributed by atoms with Crippen LogP contribution >= 0.6 is 14.5 Å². The number of carbonyl (C=O) groups excluding carboxylic acids is 4. The van der Waals surface area contributed by atoms with Crippen molar-refractivity contribution in [1.29, 1.82) is 0 Å². The molecule has 0 rings (SSSR count). The normalized spacial score (nSPS) is 13.6. The Kier molecular flexibility index (Phi) is 80.7. The summed E-state index contributed by atoms with van der Waals surface area (Å²) in [5, 5.41) is -4.11. The first kappa shape index (κ1) is 113. The van der Waals surface area contributed by atoms with Crippen LogP contribution in [0.25, 0.3) is 0 Å². The van der Waals surface area contributed by atoms with E-state index in [1.807, 2.05) is 27.7 Å². The number of esters is 4. The Labute approximate surface area is 684 Å². The Morgan fingerprint density at radius 2 is 0.409 bits per heavy atom. The highest BCUT2D eigenvalue weighted by Crippen LogP contribution is 2.62. The predicted octanol–water partition coefficient (Wildman–Crippen LogP) is 27.6. The van der Waals surface area contributed by atoms with Crippen molar-refractivity contribution in [3.63, 3.8) is 0 Å². The minimum absolute atomic E-state index is 0.0470. The third-order valence-corrected chi connectivity index (χ3v) is 35.6. The summed E-state index contributed by atoms with van der Waals surface area (Å²) in [5.41, 5.74) is 0. The quantitative estimate of drug-likeness (QED) is 0.0182. The molecule has 14 nitrogen and oxygen atoms in total. The molecule has 0 fully saturated rings. The second kappa shape index (κ2) is 78.7. The van der Waals surface area contributed by atoms with E-state index in [2.05, 4.69) is 69.2 Å². The van der Waals surface area contributed by atoms with Crippen LogP contribution in [-0.2, 0) is 58.4 Å². The SMILES string of the molecule is CCCCC(CC)COC(=O)CC(C(=O)OCC(CC)CCCC)S(=O)(=O)[O-].CCCCC(CC)COC(=O)CC(C(=O)OCC(CC)CCCC)S(=O)(=O)[O-].CCCCCCCC[P+](CCCCCC)(CCCCCCCC)CCCCCCCCCCCC[P+](CCCCCC)(CCCCCC)CCCCCC. The molecule has 110 heavy (non-hydrogen) atoms. The van der Waals surface area contributed by atoms with Gasteiger partial charge in [-0.2, -0.15) is 0 Å². The van der Waals surface area contributed by atoms with Crippen LogP contribution in [0.2, 0.25) is 0 Å². The van der Waals surface area contributed by atoms with Crippen molar-refractivity contribution in [2.24, 2.45) is 23.7 Å². The number of carbonyl (C=O) groups is 4. The van der Waals surface area contributed by atoms with Crippen LogP contribution in [0.15, 0.2) is 0 Å². The topological polar surface area (TPSA) is 220 Å². The van der Waals surface area contributed by atoms with Crippen LogP contribution in [-0.4, -0.2) is 136 Å². The number of hydrogen-bond donors (Lipinski definition) is 0. The molecule has 0 aliphatic carbocycles. The Morgan fingerprint density at radius 1 is 0.245 bits per heavy atom. The Balaban J connectivity index is -0.00000172. The van der Waals surface area contributed by atoms with Crippen molar-refractivity contribution < 1.29 is 64.1 Å². The Morgan fingerprint density at radius 3 is 0.582 bits per heavy atom. The van der Waals surface area contributed by atoms with Gasteiger partial charge in [-0.15, -0.1) is 0 Å². The largest absolute Gasteiger partial charge is 0.747 e. The van der Waals surface area contributed by atoms with Gasteiger partial charge >= 0.3 is 23.9 Å². The average Bonchev–Trinajstić information content (AvgIpc) is 0.863. The lowest BCUT2D eigenvalue weighted by Crippen LogP contribution is -2.35. The molecule has 0 amide bonds. The van der Waals surface area contributed by atoms with Crippen LogP contribution in [0.1, 0.15) is 456 Å². The molecule has 18 heteroatoms. The maximum absolute atomic E-state index is 12.1. The molecule has 0 aliphatic rings. The zero-order valence-electron chi connectivity index (χ0n) is 75.0. The fraction of sp³-hybridized carbons (Fsp3) is 0.957. The van der Waals surface area contributed by atoms with Crippen molar-refractivity contribution in [3.8, 4) is 0 Å². The zero-order chi connectivity index (χ0) is 82.7. The van der Waals surface area contributed by atoms with E-state index in [9.17, 15) is 45.1 Å². The van der Waals surface area contributed by atoms with Gasteiger partial charge in [-0.3, -0.25) is 19.2 Å². The fourth-order valence-electron chi connectivity index (χ4n) is 15.2. The second-order valence-corrected chi connectivity index (χ2v) is 45.5. The van der Waals surface area contributed by atoms with Gasteiger partial charge in [0.25, 0.3) is 0 Å². The molecule has 0 aromatic rings. The van der Waals surface area contributed by atoms with Gasteiger partial charge < -0.3 is 28.1 Å². The molecular weight excluding hydrogens is 1460 g/mol. The monoisotopic (exact) mass is 1640 g/mol. The third kappa shape index (κ3) is 66.6. The van der Waals surface area contributed by atoms with Gasteiger partial charge in [-0.25, -0.2) is 16.8 Å². The van der Waals surface area contributed by atoms with Gasteiger partial charge in [0.15, 0.2) is 10.5 Å². The van der Waals surface area contributed by atoms with E-state index in [-0.39, 0.29) is 50.1 Å². The first-order valence-electron chi connectivity index (χ1n) is 47.2. The lowest BCUT2D eigenvalue weighted by molar-refractivity contribution is -0.151. The summed E-state index contributed by atoms with van der Waals surface area (Å²) >= 11 is 0. The molecule has 0 spiro atoms. The van der Waals surface area contributed by atoms with Crippen molar-refractivity contribution in [1.82, 2.24) is 0 Å². The van der Waals surface area contributed by atoms with Crippen LogP contribution in [0.4, 0.5) is 0 Å². The van der Waals surface area contributed by atoms with Gasteiger partial charge in [-0.05, 0) is 152 Å². The molecular formula is C92H184O14P2S2. The lowest BCUT2D eigenvalue weighted by Gasteiger charge is -2.28. The highest BCUT2D eigenvalue weighted by Gasteiger charge is 2.37. The van der Waals surface area contributed by atoms with Gasteiger partial charge in [0.1, 0.15) is 20.2 Å². The Bertz CT molecular complexity index is 2140. The molecule has 0 saturated heterocycles. The van der Waals surface area contributed by atoms with E-state index in [0.29, 0.717) is 0 Å². The van der Waals surface area contributed by atoms with Crippen LogP contribution in [0.5, 0.6) is 0 Å². The van der Waals surface area contributed by atoms with Crippen LogP contribution in [0.3, 0.4) is 0 Å². The van der Waals surface area contributed by atoms with E-state index in [4.69, 9.17) is 18.9 Å². The molecule has 6 unspecified atom stereocenters. The first-order valence-corrected chi connectivity index (χ1v) is 55.2. The molecule has 6 atom stereocenters. The summed E-state index contributed by atoms with van der Waals surface area (Å²) in [6.45, 7) is 30.8. The van der Waals surface area contributed by atoms with Gasteiger partial charge in [-0.1, -0.05) is 315 Å². The molecule has 0 radical (unpaired) electrons. The number of ether oxygens (including phenoxy) is 4. The van der Waals surface area contributed by atoms with Crippen LogP contribution in [0, 0.1) is 23.7 Å². The van der Waals surface area contributed by atoms with Gasteiger partial charge in [0, 0.05) is 14.5 Å². The Hall–Kier alpha value is -1.44. The summed E-state index contributed by atoms with van der Waals surface area (Å²) < 4.78 is 89.1. The average molecular weight is 1640 g/mol. The van der Waals surface area contributed by atoms with Gasteiger partial charge in [0.05, 0.1) is 88.6 Å². The highest BCUT2D eigenvalue weighted by molar-refractivity contribution is 7.87. The lowest BCUT2D eigenvalue weighted by atomic mass is 10.0. The summed E-state index contributed by atoms with van der Waals surface area (Å²) in [7, 11) is -11.5. The summed E-state index contributed by atoms with van der Waals surface area (Å²) in [6, 6.07) is 0. The number of hydrogen-bond acceptors (Lipinski definition) is 14. The van der Waals surface area contributed by atoms with Crippen LogP contribution < -0.4 is 0 Å². The highest BCUT2D eigenvalue weighted by atomic mass is 32.2. The molecule has 0 heterocycles. The number of rotatable bonds is 79. The molecule has 0 N–H and O–H groups in total. The van der Waals surface area contributed by atoms with Crippen molar-refractivity contribution in [3.05, 3.63) is 0 Å². The van der Waals surface area contributed by atoms with Crippen molar-refractivity contribution in [2.45, 2.75) is 467 Å². The first-order chi connectivity index (χ1) is 52.9. The minimum atomic E-state index is -5.01. The van der Waals surface area contributed by atoms with E-state index >= 15 is 0 Å². The summed E-state index contributed by atoms with van der Waals surface area (Å²) in [4.78, 5) is 48.3. The van der Waals surface area contributed by atoms with E-state index < -0.39 is 82.0 Å². The second-order valence-electron chi connectivity index (χ2n) is 33.4. The standard InChI is InChI=1S/C52H110P2.2C20H38O7S/c1-7-13-19-25-33-41-49-54(48-40-24-18-12-6,50-42-34-26-20-14-8-2)52-44-36-32-30-28-27-29-31-35-43-51-53(45-37-21-15-9-3,46-38-22-16-10-4)47-39-23-17-11-5;2*1-5-9-11-16(7-3)14-26-19(21)13-18(28(23,24)25)20(22)27-15-17(8-4)12-10-6-2/h7-52H2,1-6H3;2*16-18H,5-15H2,1-4H3,(H,23,24,25)/q+2;;/p-2.